The summed E-state index contributed by atoms with van der Waals surface area (Å²) in [5.74, 6) is -0.102. The first-order valence-corrected chi connectivity index (χ1v) is 7.27. The molecular formula is C20H17NO. The van der Waals surface area contributed by atoms with Crippen molar-refractivity contribution in [2.24, 2.45) is 5.16 Å². The van der Waals surface area contributed by atoms with Gasteiger partial charge in [0.1, 0.15) is 0 Å². The van der Waals surface area contributed by atoms with Crippen molar-refractivity contribution in [2.45, 2.75) is 5.92 Å². The minimum Gasteiger partial charge on any atom is -0.411 e. The van der Waals surface area contributed by atoms with Crippen molar-refractivity contribution < 1.29 is 5.21 Å². The third-order valence-corrected chi connectivity index (χ3v) is 3.72. The highest BCUT2D eigenvalue weighted by Crippen LogP contribution is 2.29. The Balaban J connectivity index is 2.14. The van der Waals surface area contributed by atoms with Gasteiger partial charge in [-0.15, -0.1) is 0 Å². The molecule has 0 unspecified atom stereocenters. The van der Waals surface area contributed by atoms with Gasteiger partial charge in [-0.25, -0.2) is 0 Å². The van der Waals surface area contributed by atoms with Gasteiger partial charge in [0.05, 0.1) is 11.6 Å². The van der Waals surface area contributed by atoms with Gasteiger partial charge in [-0.1, -0.05) is 96.2 Å². The molecule has 0 amide bonds. The molecule has 1 N–H and O–H groups in total. The van der Waals surface area contributed by atoms with Crippen LogP contribution in [0.2, 0.25) is 0 Å². The van der Waals surface area contributed by atoms with Crippen LogP contribution in [0.5, 0.6) is 0 Å². The molecule has 0 bridgehead atoms. The molecule has 0 heterocycles. The Bertz CT molecular complexity index is 697. The lowest BCUT2D eigenvalue weighted by Crippen LogP contribution is -2.15. The summed E-state index contributed by atoms with van der Waals surface area (Å²) in [4.78, 5) is 0. The minimum absolute atomic E-state index is 0.102. The van der Waals surface area contributed by atoms with E-state index in [4.69, 9.17) is 0 Å². The summed E-state index contributed by atoms with van der Waals surface area (Å²) in [6.45, 7) is 0. The van der Waals surface area contributed by atoms with Crippen molar-refractivity contribution in [3.05, 3.63) is 108 Å². The zero-order valence-electron chi connectivity index (χ0n) is 12.1. The van der Waals surface area contributed by atoms with Gasteiger partial charge in [-0.3, -0.25) is 0 Å². The molecule has 0 aliphatic heterocycles. The quantitative estimate of drug-likeness (QED) is 0.421. The third-order valence-electron chi connectivity index (χ3n) is 3.72. The monoisotopic (exact) mass is 287 g/mol. The van der Waals surface area contributed by atoms with Crippen LogP contribution in [0.15, 0.2) is 96.2 Å². The van der Waals surface area contributed by atoms with Gasteiger partial charge in [0.25, 0.3) is 0 Å². The van der Waals surface area contributed by atoms with Crippen molar-refractivity contribution in [3.63, 3.8) is 0 Å². The standard InChI is InChI=1S/C20H17NO/c22-21-20(18-14-8-3-9-15-18)19(16-10-4-1-5-11-16)17-12-6-2-7-13-17/h1-15,19,22H/b21-20+. The van der Waals surface area contributed by atoms with Gasteiger partial charge >= 0.3 is 0 Å². The van der Waals surface area contributed by atoms with Crippen molar-refractivity contribution in [2.75, 3.05) is 0 Å². The lowest BCUT2D eigenvalue weighted by atomic mass is 9.84. The van der Waals surface area contributed by atoms with Crippen molar-refractivity contribution in [3.8, 4) is 0 Å². The summed E-state index contributed by atoms with van der Waals surface area (Å²) in [6.07, 6.45) is 0. The topological polar surface area (TPSA) is 32.6 Å². The molecule has 0 saturated heterocycles. The Morgan fingerprint density at radius 1 is 0.636 bits per heavy atom. The third kappa shape index (κ3) is 2.91. The first-order chi connectivity index (χ1) is 10.9. The first kappa shape index (κ1) is 14.1. The molecule has 3 rings (SSSR count). The highest BCUT2D eigenvalue weighted by molar-refractivity contribution is 6.06. The van der Waals surface area contributed by atoms with E-state index < -0.39 is 0 Å². The molecule has 3 aromatic carbocycles. The molecule has 0 aliphatic carbocycles. The Labute approximate surface area is 130 Å². The normalized spacial score (nSPS) is 11.6. The van der Waals surface area contributed by atoms with Crippen molar-refractivity contribution in [1.29, 1.82) is 0 Å². The van der Waals surface area contributed by atoms with E-state index in [1.165, 1.54) is 0 Å². The van der Waals surface area contributed by atoms with Crippen LogP contribution in [0.25, 0.3) is 0 Å². The van der Waals surface area contributed by atoms with Crippen molar-refractivity contribution >= 4 is 5.71 Å². The molecule has 108 valence electrons. The molecule has 0 spiro atoms. The number of hydrogen-bond donors (Lipinski definition) is 1. The molecule has 0 saturated carbocycles. The fourth-order valence-electron chi connectivity index (χ4n) is 2.69. The lowest BCUT2D eigenvalue weighted by molar-refractivity contribution is 0.317. The van der Waals surface area contributed by atoms with Gasteiger partial charge in [-0.05, 0) is 11.1 Å². The molecule has 0 fully saturated rings. The van der Waals surface area contributed by atoms with E-state index in [1.807, 2.05) is 66.7 Å². The van der Waals surface area contributed by atoms with E-state index in [0.29, 0.717) is 5.71 Å². The van der Waals surface area contributed by atoms with E-state index in [0.717, 1.165) is 16.7 Å². The summed E-state index contributed by atoms with van der Waals surface area (Å²) < 4.78 is 0. The van der Waals surface area contributed by atoms with Crippen LogP contribution in [0.3, 0.4) is 0 Å². The van der Waals surface area contributed by atoms with Gasteiger partial charge in [0.2, 0.25) is 0 Å². The van der Waals surface area contributed by atoms with Crippen LogP contribution < -0.4 is 0 Å². The molecule has 2 nitrogen and oxygen atoms in total. The zero-order chi connectivity index (χ0) is 15.2. The van der Waals surface area contributed by atoms with Crippen LogP contribution in [0, 0.1) is 0 Å². The molecule has 3 aromatic rings. The fraction of sp³-hybridized carbons (Fsp3) is 0.0500. The summed E-state index contributed by atoms with van der Waals surface area (Å²) in [6, 6.07) is 30.0. The van der Waals surface area contributed by atoms with E-state index in [2.05, 4.69) is 29.4 Å². The average molecular weight is 287 g/mol. The average Bonchev–Trinajstić information content (AvgIpc) is 2.62. The molecule has 0 aliphatic rings. The second-order valence-corrected chi connectivity index (χ2v) is 5.11. The van der Waals surface area contributed by atoms with Crippen LogP contribution >= 0.6 is 0 Å². The lowest BCUT2D eigenvalue weighted by Gasteiger charge is -2.19. The largest absolute Gasteiger partial charge is 0.411 e. The second-order valence-electron chi connectivity index (χ2n) is 5.11. The molecule has 22 heavy (non-hydrogen) atoms. The number of benzene rings is 3. The number of hydrogen-bond acceptors (Lipinski definition) is 2. The van der Waals surface area contributed by atoms with Crippen LogP contribution in [0.1, 0.15) is 22.6 Å². The minimum atomic E-state index is -0.102. The Hall–Kier alpha value is -2.87. The fourth-order valence-corrected chi connectivity index (χ4v) is 2.69. The van der Waals surface area contributed by atoms with Gasteiger partial charge in [-0.2, -0.15) is 0 Å². The van der Waals surface area contributed by atoms with Gasteiger partial charge in [0.15, 0.2) is 0 Å². The molecule has 2 heteroatoms. The van der Waals surface area contributed by atoms with Gasteiger partial charge < -0.3 is 5.21 Å². The summed E-state index contributed by atoms with van der Waals surface area (Å²) in [5.41, 5.74) is 3.77. The number of rotatable bonds is 4. The van der Waals surface area contributed by atoms with Crippen LogP contribution in [-0.4, -0.2) is 10.9 Å². The number of nitrogens with zero attached hydrogens (tertiary/aromatic N) is 1. The zero-order valence-corrected chi connectivity index (χ0v) is 12.1. The van der Waals surface area contributed by atoms with Crippen LogP contribution in [0.4, 0.5) is 0 Å². The predicted octanol–water partition coefficient (Wildman–Crippen LogP) is 4.70. The molecule has 0 aromatic heterocycles. The van der Waals surface area contributed by atoms with E-state index in [1.54, 1.807) is 0 Å². The first-order valence-electron chi connectivity index (χ1n) is 7.27. The Morgan fingerprint density at radius 3 is 1.45 bits per heavy atom. The predicted molar refractivity (Wildman–Crippen MR) is 89.5 cm³/mol. The summed E-state index contributed by atoms with van der Waals surface area (Å²) in [5, 5.41) is 13.3. The smallest absolute Gasteiger partial charge is 0.0986 e. The summed E-state index contributed by atoms with van der Waals surface area (Å²) in [7, 11) is 0. The maximum atomic E-state index is 9.66. The van der Waals surface area contributed by atoms with Gasteiger partial charge in [0, 0.05) is 5.56 Å². The molecule has 0 radical (unpaired) electrons. The van der Waals surface area contributed by atoms with E-state index in [9.17, 15) is 5.21 Å². The molecular weight excluding hydrogens is 270 g/mol. The van der Waals surface area contributed by atoms with E-state index in [-0.39, 0.29) is 5.92 Å². The van der Waals surface area contributed by atoms with E-state index >= 15 is 0 Å². The van der Waals surface area contributed by atoms with Crippen LogP contribution in [-0.2, 0) is 0 Å². The Kier molecular flexibility index (Phi) is 4.30. The number of oxime groups is 1. The second kappa shape index (κ2) is 6.72. The Morgan fingerprint density at radius 2 is 1.05 bits per heavy atom. The maximum Gasteiger partial charge on any atom is 0.0986 e. The highest BCUT2D eigenvalue weighted by atomic mass is 16.4. The van der Waals surface area contributed by atoms with Crippen molar-refractivity contribution in [1.82, 2.24) is 0 Å². The highest BCUT2D eigenvalue weighted by Gasteiger charge is 2.22. The maximum absolute atomic E-state index is 9.66. The summed E-state index contributed by atoms with van der Waals surface area (Å²) >= 11 is 0. The molecule has 0 atom stereocenters. The SMILES string of the molecule is O/N=C(\c1ccccc1)C(c1ccccc1)c1ccccc1.